The smallest absolute Gasteiger partial charge is 0.416 e. The number of benzene rings is 2. The molecule has 0 N–H and O–H groups in total. The van der Waals surface area contributed by atoms with E-state index >= 15 is 0 Å². The zero-order valence-electron chi connectivity index (χ0n) is 13.7. The van der Waals surface area contributed by atoms with Gasteiger partial charge in [-0.05, 0) is 29.8 Å². The predicted octanol–water partition coefficient (Wildman–Crippen LogP) is 4.74. The number of ether oxygens (including phenoxy) is 1. The van der Waals surface area contributed by atoms with E-state index in [2.05, 4.69) is 9.72 Å². The molecule has 7 heteroatoms. The second-order valence-electron chi connectivity index (χ2n) is 5.56. The van der Waals surface area contributed by atoms with Gasteiger partial charge in [-0.25, -0.2) is 9.78 Å². The average Bonchev–Trinajstić information content (AvgIpc) is 3.09. The summed E-state index contributed by atoms with van der Waals surface area (Å²) in [6, 6.07) is 11.6. The van der Waals surface area contributed by atoms with Gasteiger partial charge in [-0.15, -0.1) is 0 Å². The standard InChI is InChI=1S/C19H14F3NO3/c1-25-18(24)13-7-5-12(6-8-13)9-17-23-11-16(26-17)14-3-2-4-15(10-14)19(20,21)22/h2-8,10-11H,9H2,1H3. The van der Waals surface area contributed by atoms with E-state index in [1.165, 1.54) is 25.4 Å². The number of nitrogens with zero attached hydrogens (tertiary/aromatic N) is 1. The Balaban J connectivity index is 1.77. The molecule has 0 spiro atoms. The predicted molar refractivity (Wildman–Crippen MR) is 87.5 cm³/mol. The van der Waals surface area contributed by atoms with E-state index in [9.17, 15) is 18.0 Å². The number of rotatable bonds is 4. The van der Waals surface area contributed by atoms with Crippen LogP contribution in [0.15, 0.2) is 59.1 Å². The van der Waals surface area contributed by atoms with Crippen molar-refractivity contribution in [2.24, 2.45) is 0 Å². The molecule has 26 heavy (non-hydrogen) atoms. The van der Waals surface area contributed by atoms with E-state index in [4.69, 9.17) is 4.42 Å². The largest absolute Gasteiger partial charge is 0.465 e. The van der Waals surface area contributed by atoms with Crippen LogP contribution in [-0.2, 0) is 17.3 Å². The first-order valence-electron chi connectivity index (χ1n) is 7.66. The minimum Gasteiger partial charge on any atom is -0.465 e. The summed E-state index contributed by atoms with van der Waals surface area (Å²) in [5, 5.41) is 0. The van der Waals surface area contributed by atoms with Gasteiger partial charge in [0.25, 0.3) is 0 Å². The molecule has 0 aliphatic heterocycles. The maximum absolute atomic E-state index is 12.8. The van der Waals surface area contributed by atoms with Crippen LogP contribution in [0.4, 0.5) is 13.2 Å². The van der Waals surface area contributed by atoms with Crippen molar-refractivity contribution in [3.63, 3.8) is 0 Å². The van der Waals surface area contributed by atoms with Crippen LogP contribution in [0.3, 0.4) is 0 Å². The summed E-state index contributed by atoms with van der Waals surface area (Å²) in [4.78, 5) is 15.5. The van der Waals surface area contributed by atoms with Gasteiger partial charge in [-0.3, -0.25) is 0 Å². The highest BCUT2D eigenvalue weighted by molar-refractivity contribution is 5.89. The number of oxazole rings is 1. The first-order valence-corrected chi connectivity index (χ1v) is 7.66. The molecular weight excluding hydrogens is 347 g/mol. The van der Waals surface area contributed by atoms with E-state index in [1.807, 2.05) is 0 Å². The van der Waals surface area contributed by atoms with Crippen molar-refractivity contribution < 1.29 is 27.1 Å². The SMILES string of the molecule is COC(=O)c1ccc(Cc2ncc(-c3cccc(C(F)(F)F)c3)o2)cc1. The van der Waals surface area contributed by atoms with Gasteiger partial charge >= 0.3 is 12.1 Å². The molecular formula is C19H14F3NO3. The van der Waals surface area contributed by atoms with Gasteiger partial charge in [0.05, 0.1) is 24.4 Å². The number of aromatic nitrogens is 1. The Bertz CT molecular complexity index is 914. The zero-order chi connectivity index (χ0) is 18.7. The minimum absolute atomic E-state index is 0.261. The Morgan fingerprint density at radius 3 is 2.54 bits per heavy atom. The average molecular weight is 361 g/mol. The molecule has 1 heterocycles. The number of carbonyl (C=O) groups excluding carboxylic acids is 1. The van der Waals surface area contributed by atoms with Gasteiger partial charge in [0.1, 0.15) is 0 Å². The lowest BCUT2D eigenvalue weighted by atomic mass is 10.1. The van der Waals surface area contributed by atoms with E-state index in [0.29, 0.717) is 23.4 Å². The molecule has 0 radical (unpaired) electrons. The highest BCUT2D eigenvalue weighted by atomic mass is 19.4. The van der Waals surface area contributed by atoms with Crippen molar-refractivity contribution in [1.82, 2.24) is 4.98 Å². The Kier molecular flexibility index (Phi) is 4.79. The molecule has 0 bridgehead atoms. The van der Waals surface area contributed by atoms with Crippen molar-refractivity contribution in [2.75, 3.05) is 7.11 Å². The molecule has 4 nitrogen and oxygen atoms in total. The lowest BCUT2D eigenvalue weighted by Crippen LogP contribution is -2.04. The molecule has 0 saturated heterocycles. The van der Waals surface area contributed by atoms with Crippen LogP contribution in [0.25, 0.3) is 11.3 Å². The fourth-order valence-corrected chi connectivity index (χ4v) is 2.43. The van der Waals surface area contributed by atoms with E-state index in [0.717, 1.165) is 17.7 Å². The third-order valence-electron chi connectivity index (χ3n) is 3.76. The van der Waals surface area contributed by atoms with Crippen molar-refractivity contribution in [3.05, 3.63) is 77.3 Å². The minimum atomic E-state index is -4.42. The van der Waals surface area contributed by atoms with Gasteiger partial charge in [-0.1, -0.05) is 24.3 Å². The molecule has 134 valence electrons. The molecule has 0 fully saturated rings. The molecule has 0 aliphatic carbocycles. The molecule has 1 aromatic heterocycles. The fraction of sp³-hybridized carbons (Fsp3) is 0.158. The van der Waals surface area contributed by atoms with Crippen LogP contribution < -0.4 is 0 Å². The Morgan fingerprint density at radius 1 is 1.15 bits per heavy atom. The number of halogens is 3. The van der Waals surface area contributed by atoms with E-state index in [-0.39, 0.29) is 5.76 Å². The molecule has 0 unspecified atom stereocenters. The summed E-state index contributed by atoms with van der Waals surface area (Å²) in [5.74, 6) is 0.194. The molecule has 0 saturated carbocycles. The lowest BCUT2D eigenvalue weighted by molar-refractivity contribution is -0.137. The van der Waals surface area contributed by atoms with Gasteiger partial charge in [0.2, 0.25) is 0 Å². The zero-order valence-corrected chi connectivity index (χ0v) is 13.7. The topological polar surface area (TPSA) is 52.3 Å². The number of esters is 1. The molecule has 3 rings (SSSR count). The van der Waals surface area contributed by atoms with Gasteiger partial charge < -0.3 is 9.15 Å². The van der Waals surface area contributed by atoms with Crippen molar-refractivity contribution in [1.29, 1.82) is 0 Å². The highest BCUT2D eigenvalue weighted by Crippen LogP contribution is 2.32. The first-order chi connectivity index (χ1) is 12.4. The summed E-state index contributed by atoms with van der Waals surface area (Å²) >= 11 is 0. The summed E-state index contributed by atoms with van der Waals surface area (Å²) in [6.45, 7) is 0. The highest BCUT2D eigenvalue weighted by Gasteiger charge is 2.30. The van der Waals surface area contributed by atoms with E-state index < -0.39 is 17.7 Å². The second kappa shape index (κ2) is 7.03. The summed E-state index contributed by atoms with van der Waals surface area (Å²) in [7, 11) is 1.30. The van der Waals surface area contributed by atoms with Crippen LogP contribution >= 0.6 is 0 Å². The number of alkyl halides is 3. The van der Waals surface area contributed by atoms with Crippen molar-refractivity contribution in [2.45, 2.75) is 12.6 Å². The van der Waals surface area contributed by atoms with Gasteiger partial charge in [0, 0.05) is 12.0 Å². The fourth-order valence-electron chi connectivity index (χ4n) is 2.43. The van der Waals surface area contributed by atoms with Gasteiger partial charge in [-0.2, -0.15) is 13.2 Å². The number of hydrogen-bond acceptors (Lipinski definition) is 4. The van der Waals surface area contributed by atoms with Crippen LogP contribution in [0.1, 0.15) is 27.4 Å². The normalized spacial score (nSPS) is 11.4. The molecule has 0 amide bonds. The van der Waals surface area contributed by atoms with Crippen molar-refractivity contribution in [3.8, 4) is 11.3 Å². The van der Waals surface area contributed by atoms with Crippen LogP contribution in [0, 0.1) is 0 Å². The third-order valence-corrected chi connectivity index (χ3v) is 3.76. The monoisotopic (exact) mass is 361 g/mol. The first kappa shape index (κ1) is 17.7. The lowest BCUT2D eigenvalue weighted by Gasteiger charge is -2.07. The Hall–Kier alpha value is -3.09. The quantitative estimate of drug-likeness (QED) is 0.630. The number of hydrogen-bond donors (Lipinski definition) is 0. The summed E-state index contributed by atoms with van der Waals surface area (Å²) in [6.07, 6.45) is -2.67. The van der Waals surface area contributed by atoms with Crippen LogP contribution in [0.2, 0.25) is 0 Å². The Labute approximate surface area is 147 Å². The molecule has 0 atom stereocenters. The molecule has 0 aliphatic rings. The van der Waals surface area contributed by atoms with Crippen molar-refractivity contribution >= 4 is 5.97 Å². The maximum atomic E-state index is 12.8. The Morgan fingerprint density at radius 2 is 1.88 bits per heavy atom. The maximum Gasteiger partial charge on any atom is 0.416 e. The van der Waals surface area contributed by atoms with Gasteiger partial charge in [0.15, 0.2) is 11.7 Å². The van der Waals surface area contributed by atoms with Crippen LogP contribution in [0.5, 0.6) is 0 Å². The second-order valence-corrected chi connectivity index (χ2v) is 5.56. The molecule has 2 aromatic carbocycles. The number of carbonyl (C=O) groups is 1. The number of methoxy groups -OCH3 is 1. The third kappa shape index (κ3) is 3.93. The molecule has 3 aromatic rings. The van der Waals surface area contributed by atoms with E-state index in [1.54, 1.807) is 24.3 Å². The van der Waals surface area contributed by atoms with Crippen LogP contribution in [-0.4, -0.2) is 18.1 Å². The summed E-state index contributed by atoms with van der Waals surface area (Å²) < 4.78 is 48.6. The summed E-state index contributed by atoms with van der Waals surface area (Å²) in [5.41, 5.74) is 0.828.